The summed E-state index contributed by atoms with van der Waals surface area (Å²) in [5, 5.41) is 12.3. The van der Waals surface area contributed by atoms with Crippen LogP contribution in [0.5, 0.6) is 0 Å². The molecule has 1 fully saturated rings. The monoisotopic (exact) mass is 348 g/mol. The first kappa shape index (κ1) is 18.2. The van der Waals surface area contributed by atoms with Crippen LogP contribution in [0.25, 0.3) is 0 Å². The van der Waals surface area contributed by atoms with Crippen molar-refractivity contribution in [2.24, 2.45) is 5.92 Å². The van der Waals surface area contributed by atoms with E-state index < -0.39 is 42.4 Å². The molecular formula is C15H16F4N2O3. The molecule has 0 aromatic heterocycles. The second kappa shape index (κ2) is 7.16. The Labute approximate surface area is 135 Å². The van der Waals surface area contributed by atoms with E-state index in [0.29, 0.717) is 10.5 Å². The number of aliphatic hydroxyl groups is 1. The van der Waals surface area contributed by atoms with E-state index in [1.807, 2.05) is 0 Å². The molecule has 1 saturated heterocycles. The molecule has 1 aliphatic heterocycles. The standard InChI is InChI=1S/C15H16F4N2O3/c16-11-3-1-9(2-4-11)12(22)6-20-14(24)10-5-13(23)21(7-10)8-15(17,18)19/h1-4,10,12,22H,5-8H2,(H,20,24). The van der Waals surface area contributed by atoms with Crippen molar-refractivity contribution in [3.05, 3.63) is 35.6 Å². The number of aliphatic hydroxyl groups excluding tert-OH is 1. The number of amides is 2. The highest BCUT2D eigenvalue weighted by molar-refractivity contribution is 5.89. The molecular weight excluding hydrogens is 332 g/mol. The maximum Gasteiger partial charge on any atom is 0.406 e. The van der Waals surface area contributed by atoms with Crippen molar-refractivity contribution in [3.63, 3.8) is 0 Å². The van der Waals surface area contributed by atoms with E-state index in [2.05, 4.69) is 5.32 Å². The lowest BCUT2D eigenvalue weighted by Gasteiger charge is -2.18. The lowest BCUT2D eigenvalue weighted by Crippen LogP contribution is -2.38. The van der Waals surface area contributed by atoms with Crippen LogP contribution in [0.4, 0.5) is 17.6 Å². The van der Waals surface area contributed by atoms with Crippen LogP contribution in [0.2, 0.25) is 0 Å². The number of likely N-dealkylation sites (tertiary alicyclic amines) is 1. The van der Waals surface area contributed by atoms with Gasteiger partial charge in [0, 0.05) is 19.5 Å². The van der Waals surface area contributed by atoms with Crippen LogP contribution >= 0.6 is 0 Å². The lowest BCUT2D eigenvalue weighted by atomic mass is 10.1. The maximum atomic E-state index is 12.8. The number of hydrogen-bond donors (Lipinski definition) is 2. The first-order valence-corrected chi connectivity index (χ1v) is 7.21. The van der Waals surface area contributed by atoms with E-state index in [1.54, 1.807) is 0 Å². The molecule has 132 valence electrons. The van der Waals surface area contributed by atoms with Gasteiger partial charge in [-0.05, 0) is 17.7 Å². The Hall–Kier alpha value is -2.16. The van der Waals surface area contributed by atoms with Gasteiger partial charge in [0.25, 0.3) is 0 Å². The van der Waals surface area contributed by atoms with Gasteiger partial charge in [-0.1, -0.05) is 12.1 Å². The van der Waals surface area contributed by atoms with Crippen molar-refractivity contribution in [1.82, 2.24) is 10.2 Å². The van der Waals surface area contributed by atoms with Gasteiger partial charge in [0.1, 0.15) is 12.4 Å². The SMILES string of the molecule is O=C(NCC(O)c1ccc(F)cc1)C1CC(=O)N(CC(F)(F)F)C1. The number of nitrogens with one attached hydrogen (secondary N) is 1. The Balaban J connectivity index is 1.84. The van der Waals surface area contributed by atoms with Gasteiger partial charge >= 0.3 is 6.18 Å². The van der Waals surface area contributed by atoms with Gasteiger partial charge in [0.15, 0.2) is 0 Å². The highest BCUT2D eigenvalue weighted by atomic mass is 19.4. The third-order valence-electron chi connectivity index (χ3n) is 3.68. The minimum atomic E-state index is -4.51. The molecule has 0 radical (unpaired) electrons. The third-order valence-corrected chi connectivity index (χ3v) is 3.68. The molecule has 0 bridgehead atoms. The van der Waals surface area contributed by atoms with Crippen molar-refractivity contribution >= 4 is 11.8 Å². The van der Waals surface area contributed by atoms with E-state index in [9.17, 15) is 32.3 Å². The Morgan fingerprint density at radius 1 is 1.33 bits per heavy atom. The van der Waals surface area contributed by atoms with Crippen LogP contribution in [0.1, 0.15) is 18.1 Å². The van der Waals surface area contributed by atoms with Crippen LogP contribution in [-0.4, -0.2) is 47.6 Å². The third kappa shape index (κ3) is 4.92. The topological polar surface area (TPSA) is 69.6 Å². The molecule has 0 aliphatic carbocycles. The maximum absolute atomic E-state index is 12.8. The summed E-state index contributed by atoms with van der Waals surface area (Å²) in [4.78, 5) is 24.1. The predicted molar refractivity (Wildman–Crippen MR) is 75.1 cm³/mol. The van der Waals surface area contributed by atoms with Crippen LogP contribution in [-0.2, 0) is 9.59 Å². The van der Waals surface area contributed by atoms with Crippen LogP contribution < -0.4 is 5.32 Å². The van der Waals surface area contributed by atoms with Crippen molar-refractivity contribution in [3.8, 4) is 0 Å². The van der Waals surface area contributed by atoms with E-state index in [0.717, 1.165) is 12.1 Å². The smallest absolute Gasteiger partial charge is 0.387 e. The predicted octanol–water partition coefficient (Wildman–Crippen LogP) is 1.39. The molecule has 5 nitrogen and oxygen atoms in total. The highest BCUT2D eigenvalue weighted by Gasteiger charge is 2.40. The molecule has 0 saturated carbocycles. The summed E-state index contributed by atoms with van der Waals surface area (Å²) in [5.41, 5.74) is 0.387. The van der Waals surface area contributed by atoms with Gasteiger partial charge < -0.3 is 15.3 Å². The molecule has 0 spiro atoms. The number of alkyl halides is 3. The van der Waals surface area contributed by atoms with Gasteiger partial charge in [-0.2, -0.15) is 13.2 Å². The molecule has 2 unspecified atom stereocenters. The summed E-state index contributed by atoms with van der Waals surface area (Å²) >= 11 is 0. The first-order chi connectivity index (χ1) is 11.2. The van der Waals surface area contributed by atoms with Gasteiger partial charge in [0.2, 0.25) is 11.8 Å². The molecule has 9 heteroatoms. The van der Waals surface area contributed by atoms with Crippen LogP contribution in [0, 0.1) is 11.7 Å². The molecule has 1 aromatic rings. The quantitative estimate of drug-likeness (QED) is 0.790. The Morgan fingerprint density at radius 2 is 1.96 bits per heavy atom. The Bertz CT molecular complexity index is 604. The summed E-state index contributed by atoms with van der Waals surface area (Å²) < 4.78 is 49.8. The molecule has 24 heavy (non-hydrogen) atoms. The molecule has 1 aliphatic rings. The zero-order valence-electron chi connectivity index (χ0n) is 12.5. The zero-order valence-corrected chi connectivity index (χ0v) is 12.5. The van der Waals surface area contributed by atoms with Crippen LogP contribution in [0.15, 0.2) is 24.3 Å². The molecule has 2 atom stereocenters. The molecule has 1 aromatic carbocycles. The van der Waals surface area contributed by atoms with E-state index in [1.165, 1.54) is 12.1 Å². The first-order valence-electron chi connectivity index (χ1n) is 7.21. The molecule has 2 amide bonds. The fourth-order valence-corrected chi connectivity index (χ4v) is 2.46. The number of carbonyl (C=O) groups excluding carboxylic acids is 2. The minimum absolute atomic E-state index is 0.186. The van der Waals surface area contributed by atoms with Crippen molar-refractivity contribution in [2.75, 3.05) is 19.6 Å². The second-order valence-electron chi connectivity index (χ2n) is 5.60. The van der Waals surface area contributed by atoms with Gasteiger partial charge in [-0.25, -0.2) is 4.39 Å². The molecule has 2 rings (SSSR count). The fraction of sp³-hybridized carbons (Fsp3) is 0.467. The Kier molecular flexibility index (Phi) is 5.43. The number of hydrogen-bond acceptors (Lipinski definition) is 3. The summed E-state index contributed by atoms with van der Waals surface area (Å²) in [6, 6.07) is 5.03. The number of rotatable bonds is 5. The number of carbonyl (C=O) groups is 2. The van der Waals surface area contributed by atoms with E-state index in [-0.39, 0.29) is 19.5 Å². The zero-order chi connectivity index (χ0) is 17.9. The second-order valence-corrected chi connectivity index (χ2v) is 5.60. The normalized spacial score (nSPS) is 19.5. The van der Waals surface area contributed by atoms with Crippen LogP contribution in [0.3, 0.4) is 0 Å². The van der Waals surface area contributed by atoms with Gasteiger partial charge in [-0.15, -0.1) is 0 Å². The van der Waals surface area contributed by atoms with E-state index >= 15 is 0 Å². The summed E-state index contributed by atoms with van der Waals surface area (Å²) in [5.74, 6) is -2.69. The van der Waals surface area contributed by atoms with Crippen molar-refractivity contribution in [2.45, 2.75) is 18.7 Å². The van der Waals surface area contributed by atoms with E-state index in [4.69, 9.17) is 0 Å². The fourth-order valence-electron chi connectivity index (χ4n) is 2.46. The van der Waals surface area contributed by atoms with Crippen molar-refractivity contribution in [1.29, 1.82) is 0 Å². The largest absolute Gasteiger partial charge is 0.406 e. The number of nitrogens with zero attached hydrogens (tertiary/aromatic N) is 1. The van der Waals surface area contributed by atoms with Crippen molar-refractivity contribution < 1.29 is 32.3 Å². The summed E-state index contributed by atoms with van der Waals surface area (Å²) in [6.07, 6.45) is -5.90. The molecule has 1 heterocycles. The average Bonchev–Trinajstić information content (AvgIpc) is 2.84. The average molecular weight is 348 g/mol. The minimum Gasteiger partial charge on any atom is -0.387 e. The number of benzene rings is 1. The summed E-state index contributed by atoms with van der Waals surface area (Å²) in [7, 11) is 0. The Morgan fingerprint density at radius 3 is 2.54 bits per heavy atom. The summed E-state index contributed by atoms with van der Waals surface area (Å²) in [6.45, 7) is -1.88. The lowest BCUT2D eigenvalue weighted by molar-refractivity contribution is -0.157. The van der Waals surface area contributed by atoms with Gasteiger partial charge in [-0.3, -0.25) is 9.59 Å². The number of halogens is 4. The molecule has 2 N–H and O–H groups in total. The highest BCUT2D eigenvalue weighted by Crippen LogP contribution is 2.24. The van der Waals surface area contributed by atoms with Gasteiger partial charge in [0.05, 0.1) is 12.0 Å².